The van der Waals surface area contributed by atoms with Crippen LogP contribution in [0.5, 0.6) is 0 Å². The van der Waals surface area contributed by atoms with Crippen molar-refractivity contribution in [1.29, 1.82) is 0 Å². The molecule has 102 valence electrons. The molecule has 7 nitrogen and oxygen atoms in total. The number of aromatic carboxylic acids is 1. The molecule has 0 radical (unpaired) electrons. The Morgan fingerprint density at radius 1 is 1.50 bits per heavy atom. The van der Waals surface area contributed by atoms with Crippen LogP contribution in [0.4, 0.5) is 0 Å². The van der Waals surface area contributed by atoms with Crippen LogP contribution in [-0.4, -0.2) is 32.2 Å². The van der Waals surface area contributed by atoms with Crippen molar-refractivity contribution in [2.75, 3.05) is 0 Å². The van der Waals surface area contributed by atoms with E-state index in [9.17, 15) is 9.59 Å². The third kappa shape index (κ3) is 2.69. The van der Waals surface area contributed by atoms with E-state index in [1.54, 1.807) is 18.2 Å². The first-order valence-electron chi connectivity index (χ1n) is 5.55. The second-order valence-corrected chi connectivity index (χ2v) is 4.25. The lowest BCUT2D eigenvalue weighted by molar-refractivity contribution is 0.0697. The molecule has 2 N–H and O–H groups in total. The Hall–Kier alpha value is -2.61. The van der Waals surface area contributed by atoms with Crippen LogP contribution < -0.4 is 5.56 Å². The van der Waals surface area contributed by atoms with Gasteiger partial charge in [-0.2, -0.15) is 14.9 Å². The van der Waals surface area contributed by atoms with Crippen LogP contribution in [0.2, 0.25) is 0 Å². The van der Waals surface area contributed by atoms with Gasteiger partial charge in [0.05, 0.1) is 11.8 Å². The summed E-state index contributed by atoms with van der Waals surface area (Å²) in [5, 5.41) is 19.2. The zero-order valence-corrected chi connectivity index (χ0v) is 11.2. The van der Waals surface area contributed by atoms with Gasteiger partial charge >= 0.3 is 5.97 Å². The Bertz CT molecular complexity index is 807. The molecule has 2 aromatic rings. The van der Waals surface area contributed by atoms with Crippen molar-refractivity contribution in [3.8, 4) is 0 Å². The molecule has 0 unspecified atom stereocenters. The van der Waals surface area contributed by atoms with Gasteiger partial charge in [0, 0.05) is 5.56 Å². The van der Waals surface area contributed by atoms with E-state index in [1.165, 1.54) is 19.2 Å². The molecule has 20 heavy (non-hydrogen) atoms. The van der Waals surface area contributed by atoms with Crippen molar-refractivity contribution in [2.45, 2.75) is 6.92 Å². The first-order valence-corrected chi connectivity index (χ1v) is 5.96. The van der Waals surface area contributed by atoms with Gasteiger partial charge in [-0.25, -0.2) is 4.79 Å². The van der Waals surface area contributed by atoms with E-state index in [4.69, 9.17) is 17.3 Å². The Morgan fingerprint density at radius 3 is 2.90 bits per heavy atom. The number of aryl methyl sites for hydroxylation is 1. The number of rotatable bonds is 3. The summed E-state index contributed by atoms with van der Waals surface area (Å²) in [6, 6.07) is 6.31. The smallest absolute Gasteiger partial charge is 0.336 e. The van der Waals surface area contributed by atoms with Crippen LogP contribution in [0.3, 0.4) is 0 Å². The summed E-state index contributed by atoms with van der Waals surface area (Å²) < 4.78 is 0.987. The van der Waals surface area contributed by atoms with Gasteiger partial charge in [-0.3, -0.25) is 9.89 Å². The lowest BCUT2D eigenvalue weighted by atomic mass is 10.1. The number of aromatic amines is 1. The maximum Gasteiger partial charge on any atom is 0.336 e. The van der Waals surface area contributed by atoms with E-state index in [-0.39, 0.29) is 16.0 Å². The fourth-order valence-corrected chi connectivity index (χ4v) is 1.68. The fourth-order valence-electron chi connectivity index (χ4n) is 1.50. The van der Waals surface area contributed by atoms with E-state index < -0.39 is 11.5 Å². The first-order chi connectivity index (χ1) is 9.50. The van der Waals surface area contributed by atoms with Crippen molar-refractivity contribution >= 4 is 24.4 Å². The second-order valence-electron chi connectivity index (χ2n) is 3.87. The third-order valence-electron chi connectivity index (χ3n) is 2.52. The number of carboxylic acid groups (broad SMARTS) is 1. The lowest BCUT2D eigenvalue weighted by Gasteiger charge is -2.01. The number of nitrogens with zero attached hydrogens (tertiary/aromatic N) is 3. The zero-order valence-electron chi connectivity index (χ0n) is 10.4. The second kappa shape index (κ2) is 5.57. The number of carbonyl (C=O) groups is 1. The monoisotopic (exact) mass is 290 g/mol. The number of hydrogen-bond donors (Lipinski definition) is 2. The van der Waals surface area contributed by atoms with E-state index >= 15 is 0 Å². The minimum Gasteiger partial charge on any atom is -0.478 e. The van der Waals surface area contributed by atoms with Gasteiger partial charge in [0.2, 0.25) is 4.77 Å². The Kier molecular flexibility index (Phi) is 3.85. The molecule has 0 amide bonds. The summed E-state index contributed by atoms with van der Waals surface area (Å²) in [7, 11) is 0. The topological polar surface area (TPSA) is 100 Å². The highest BCUT2D eigenvalue weighted by Crippen LogP contribution is 2.06. The number of benzene rings is 1. The van der Waals surface area contributed by atoms with Gasteiger partial charge in [-0.05, 0) is 25.2 Å². The fraction of sp³-hybridized carbons (Fsp3) is 0.0833. The Labute approximate surface area is 118 Å². The molecule has 0 saturated carbocycles. The molecule has 8 heteroatoms. The standard InChI is InChI=1S/C12H10N4O3S/c1-7-10(17)16(12(20)15-14-7)13-6-8-4-2-3-5-9(8)11(18)19/h2-6H,1H3,(H,15,20)(H,18,19)/b13-6+. The van der Waals surface area contributed by atoms with Gasteiger partial charge < -0.3 is 5.11 Å². The van der Waals surface area contributed by atoms with Gasteiger partial charge in [-0.1, -0.05) is 18.2 Å². The molecule has 0 bridgehead atoms. The largest absolute Gasteiger partial charge is 0.478 e. The molecule has 1 aromatic heterocycles. The average molecular weight is 290 g/mol. The van der Waals surface area contributed by atoms with Crippen molar-refractivity contribution in [3.63, 3.8) is 0 Å². The molecular formula is C12H10N4O3S. The maximum absolute atomic E-state index is 11.8. The van der Waals surface area contributed by atoms with Gasteiger partial charge in [0.25, 0.3) is 5.56 Å². The van der Waals surface area contributed by atoms with Gasteiger partial charge in [-0.15, -0.1) is 0 Å². The summed E-state index contributed by atoms with van der Waals surface area (Å²) in [6.45, 7) is 1.52. The van der Waals surface area contributed by atoms with Crippen molar-refractivity contribution < 1.29 is 9.90 Å². The summed E-state index contributed by atoms with van der Waals surface area (Å²) in [6.07, 6.45) is 1.27. The minimum absolute atomic E-state index is 0.0321. The van der Waals surface area contributed by atoms with Crippen LogP contribution in [0.25, 0.3) is 0 Å². The summed E-state index contributed by atoms with van der Waals surface area (Å²) >= 11 is 4.91. The maximum atomic E-state index is 11.8. The normalized spacial score (nSPS) is 10.8. The molecule has 0 aliphatic rings. The molecule has 0 spiro atoms. The summed E-state index contributed by atoms with van der Waals surface area (Å²) in [5.41, 5.74) is 0.209. The predicted molar refractivity (Wildman–Crippen MR) is 74.8 cm³/mol. The highest BCUT2D eigenvalue weighted by molar-refractivity contribution is 7.71. The van der Waals surface area contributed by atoms with E-state index in [0.717, 1.165) is 4.68 Å². The van der Waals surface area contributed by atoms with Gasteiger partial charge in [0.15, 0.2) is 0 Å². The predicted octanol–water partition coefficient (Wildman–Crippen LogP) is 1.19. The molecule has 0 atom stereocenters. The van der Waals surface area contributed by atoms with Crippen molar-refractivity contribution in [1.82, 2.24) is 14.9 Å². The molecule has 0 aliphatic heterocycles. The first kappa shape index (κ1) is 13.8. The third-order valence-corrected chi connectivity index (χ3v) is 2.78. The summed E-state index contributed by atoms with van der Waals surface area (Å²) in [5.74, 6) is -1.07. The molecule has 0 fully saturated rings. The average Bonchev–Trinajstić information content (AvgIpc) is 2.43. The number of nitrogens with one attached hydrogen (secondary N) is 1. The highest BCUT2D eigenvalue weighted by atomic mass is 32.1. The SMILES string of the molecule is Cc1n[nH]c(=S)n(/N=C/c2ccccc2C(=O)O)c1=O. The van der Waals surface area contributed by atoms with Crippen molar-refractivity contribution in [2.24, 2.45) is 5.10 Å². The van der Waals surface area contributed by atoms with E-state index in [1.807, 2.05) is 0 Å². The van der Waals surface area contributed by atoms with Gasteiger partial charge in [0.1, 0.15) is 5.69 Å². The number of aromatic nitrogens is 3. The number of hydrogen-bond acceptors (Lipinski definition) is 5. The number of carboxylic acids is 1. The molecule has 0 aliphatic carbocycles. The molecule has 1 heterocycles. The quantitative estimate of drug-likeness (QED) is 0.653. The van der Waals surface area contributed by atoms with Crippen LogP contribution in [0, 0.1) is 11.7 Å². The molecule has 1 aromatic carbocycles. The molecule has 2 rings (SSSR count). The zero-order chi connectivity index (χ0) is 14.7. The number of H-pyrrole nitrogens is 1. The minimum atomic E-state index is -1.07. The van der Waals surface area contributed by atoms with Crippen LogP contribution in [0.15, 0.2) is 34.2 Å². The highest BCUT2D eigenvalue weighted by Gasteiger charge is 2.07. The Morgan fingerprint density at radius 2 is 2.20 bits per heavy atom. The lowest BCUT2D eigenvalue weighted by Crippen LogP contribution is -2.22. The Balaban J connectivity index is 2.51. The molecular weight excluding hydrogens is 280 g/mol. The van der Waals surface area contributed by atoms with Crippen LogP contribution in [0.1, 0.15) is 21.6 Å². The van der Waals surface area contributed by atoms with Crippen molar-refractivity contribution in [3.05, 3.63) is 56.2 Å². The van der Waals surface area contributed by atoms with Crippen LogP contribution >= 0.6 is 12.2 Å². The van der Waals surface area contributed by atoms with E-state index in [2.05, 4.69) is 15.3 Å². The molecule has 0 saturated heterocycles. The van der Waals surface area contributed by atoms with Crippen LogP contribution in [-0.2, 0) is 0 Å². The summed E-state index contributed by atoms with van der Waals surface area (Å²) in [4.78, 5) is 22.9. The van der Waals surface area contributed by atoms with E-state index in [0.29, 0.717) is 5.56 Å².